The molecule has 21 heavy (non-hydrogen) atoms. The van der Waals surface area contributed by atoms with E-state index in [0.29, 0.717) is 5.41 Å². The minimum atomic E-state index is 0.499. The van der Waals surface area contributed by atoms with E-state index in [0.717, 1.165) is 24.5 Å². The Labute approximate surface area is 131 Å². The molecule has 0 fully saturated rings. The van der Waals surface area contributed by atoms with Crippen molar-refractivity contribution in [1.29, 1.82) is 0 Å². The van der Waals surface area contributed by atoms with Crippen LogP contribution in [-0.2, 0) is 0 Å². The topological polar surface area (TPSA) is 35.2 Å². The average Bonchev–Trinajstić information content (AvgIpc) is 2.42. The Morgan fingerprint density at radius 3 is 1.90 bits per heavy atom. The summed E-state index contributed by atoms with van der Waals surface area (Å²) in [5.74, 6) is 0.923. The summed E-state index contributed by atoms with van der Waals surface area (Å²) in [5.41, 5.74) is 6.92. The number of nitrogens with two attached hydrogens (primary N) is 1. The number of benzene rings is 1. The smallest absolute Gasteiger partial charge is 0.119 e. The molecule has 0 saturated heterocycles. The number of nitrogen functional groups attached to an aromatic ring is 1. The second-order valence-corrected chi connectivity index (χ2v) is 7.20. The minimum absolute atomic E-state index is 0.499. The van der Waals surface area contributed by atoms with Crippen molar-refractivity contribution in [2.75, 3.05) is 12.3 Å². The highest BCUT2D eigenvalue weighted by Crippen LogP contribution is 2.22. The molecule has 0 radical (unpaired) electrons. The standard InChI is InChI=1S/C19H33NO/c1-19(2,3)15-9-7-5-4-6-8-10-16-21-18-13-11-17(20)12-14-18/h11-14H,4-10,15-16,20H2,1-3H3. The number of rotatable bonds is 10. The summed E-state index contributed by atoms with van der Waals surface area (Å²) in [6.07, 6.45) is 10.6. The second kappa shape index (κ2) is 9.70. The Hall–Kier alpha value is -1.18. The van der Waals surface area contributed by atoms with E-state index in [9.17, 15) is 0 Å². The van der Waals surface area contributed by atoms with E-state index in [1.807, 2.05) is 24.3 Å². The van der Waals surface area contributed by atoms with Gasteiger partial charge in [0, 0.05) is 5.69 Å². The zero-order valence-electron chi connectivity index (χ0n) is 14.2. The predicted molar refractivity (Wildman–Crippen MR) is 92.7 cm³/mol. The molecule has 0 atom stereocenters. The van der Waals surface area contributed by atoms with Gasteiger partial charge in [0.2, 0.25) is 0 Å². The number of hydrogen-bond acceptors (Lipinski definition) is 2. The Kier molecular flexibility index (Phi) is 8.26. The van der Waals surface area contributed by atoms with Crippen LogP contribution in [0.1, 0.15) is 72.1 Å². The lowest BCUT2D eigenvalue weighted by atomic mass is 9.89. The third-order valence-corrected chi connectivity index (χ3v) is 3.72. The molecule has 0 amide bonds. The summed E-state index contributed by atoms with van der Waals surface area (Å²) in [4.78, 5) is 0. The molecular formula is C19H33NO. The molecule has 1 rings (SSSR count). The molecule has 0 heterocycles. The van der Waals surface area contributed by atoms with Gasteiger partial charge in [0.25, 0.3) is 0 Å². The van der Waals surface area contributed by atoms with Crippen molar-refractivity contribution >= 4 is 5.69 Å². The van der Waals surface area contributed by atoms with Gasteiger partial charge in [-0.15, -0.1) is 0 Å². The Morgan fingerprint density at radius 2 is 1.33 bits per heavy atom. The highest BCUT2D eigenvalue weighted by Gasteiger charge is 2.08. The van der Waals surface area contributed by atoms with E-state index in [4.69, 9.17) is 10.5 Å². The van der Waals surface area contributed by atoms with E-state index in [-0.39, 0.29) is 0 Å². The first-order chi connectivity index (χ1) is 9.97. The molecule has 0 aliphatic rings. The van der Waals surface area contributed by atoms with Gasteiger partial charge in [-0.3, -0.25) is 0 Å². The summed E-state index contributed by atoms with van der Waals surface area (Å²) in [6, 6.07) is 7.63. The molecule has 0 saturated carbocycles. The zero-order chi connectivity index (χ0) is 15.6. The fraction of sp³-hybridized carbons (Fsp3) is 0.684. The van der Waals surface area contributed by atoms with Gasteiger partial charge in [-0.05, 0) is 42.5 Å². The predicted octanol–water partition coefficient (Wildman–Crippen LogP) is 5.81. The van der Waals surface area contributed by atoms with E-state index in [2.05, 4.69) is 20.8 Å². The van der Waals surface area contributed by atoms with Crippen LogP contribution in [0.5, 0.6) is 5.75 Å². The molecular weight excluding hydrogens is 258 g/mol. The van der Waals surface area contributed by atoms with Crippen LogP contribution in [0.15, 0.2) is 24.3 Å². The summed E-state index contributed by atoms with van der Waals surface area (Å²) >= 11 is 0. The van der Waals surface area contributed by atoms with Crippen LogP contribution in [0.2, 0.25) is 0 Å². The fourth-order valence-electron chi connectivity index (χ4n) is 2.40. The molecule has 2 N–H and O–H groups in total. The highest BCUT2D eigenvalue weighted by molar-refractivity contribution is 5.41. The molecule has 2 nitrogen and oxygen atoms in total. The lowest BCUT2D eigenvalue weighted by Gasteiger charge is -2.17. The number of anilines is 1. The molecule has 0 unspecified atom stereocenters. The van der Waals surface area contributed by atoms with Crippen molar-refractivity contribution in [1.82, 2.24) is 0 Å². The summed E-state index contributed by atoms with van der Waals surface area (Å²) in [7, 11) is 0. The molecule has 1 aromatic rings. The van der Waals surface area contributed by atoms with Crippen LogP contribution in [0.25, 0.3) is 0 Å². The SMILES string of the molecule is CC(C)(C)CCCCCCCCCOc1ccc(N)cc1. The Morgan fingerprint density at radius 1 is 0.810 bits per heavy atom. The number of unbranched alkanes of at least 4 members (excludes halogenated alkanes) is 6. The van der Waals surface area contributed by atoms with Crippen molar-refractivity contribution in [2.45, 2.75) is 72.1 Å². The lowest BCUT2D eigenvalue weighted by molar-refractivity contribution is 0.304. The van der Waals surface area contributed by atoms with E-state index >= 15 is 0 Å². The van der Waals surface area contributed by atoms with Gasteiger partial charge < -0.3 is 10.5 Å². The molecule has 0 aliphatic heterocycles. The van der Waals surface area contributed by atoms with Gasteiger partial charge >= 0.3 is 0 Å². The van der Waals surface area contributed by atoms with Crippen LogP contribution < -0.4 is 10.5 Å². The Bertz CT molecular complexity index is 364. The normalized spacial score (nSPS) is 11.6. The second-order valence-electron chi connectivity index (χ2n) is 7.20. The van der Waals surface area contributed by atoms with Crippen LogP contribution in [0.3, 0.4) is 0 Å². The minimum Gasteiger partial charge on any atom is -0.494 e. The van der Waals surface area contributed by atoms with Crippen LogP contribution >= 0.6 is 0 Å². The van der Waals surface area contributed by atoms with Gasteiger partial charge in [-0.25, -0.2) is 0 Å². The Balaban J connectivity index is 1.88. The fourth-order valence-corrected chi connectivity index (χ4v) is 2.40. The summed E-state index contributed by atoms with van der Waals surface area (Å²) in [6.45, 7) is 7.80. The molecule has 120 valence electrons. The average molecular weight is 291 g/mol. The van der Waals surface area contributed by atoms with Crippen molar-refractivity contribution in [3.63, 3.8) is 0 Å². The maximum absolute atomic E-state index is 5.69. The van der Waals surface area contributed by atoms with Gasteiger partial charge in [0.05, 0.1) is 6.61 Å². The molecule has 0 bridgehead atoms. The van der Waals surface area contributed by atoms with Gasteiger partial charge in [0.15, 0.2) is 0 Å². The zero-order valence-corrected chi connectivity index (χ0v) is 14.2. The van der Waals surface area contributed by atoms with Crippen molar-refractivity contribution < 1.29 is 4.74 Å². The molecule has 0 aromatic heterocycles. The lowest BCUT2D eigenvalue weighted by Crippen LogP contribution is -2.03. The van der Waals surface area contributed by atoms with Gasteiger partial charge in [-0.1, -0.05) is 59.3 Å². The van der Waals surface area contributed by atoms with E-state index in [1.165, 1.54) is 44.9 Å². The quantitative estimate of drug-likeness (QED) is 0.436. The molecule has 2 heteroatoms. The van der Waals surface area contributed by atoms with Crippen LogP contribution in [0, 0.1) is 5.41 Å². The first-order valence-corrected chi connectivity index (χ1v) is 8.46. The maximum Gasteiger partial charge on any atom is 0.119 e. The summed E-state index contributed by atoms with van der Waals surface area (Å²) in [5, 5.41) is 0. The van der Waals surface area contributed by atoms with Crippen LogP contribution in [-0.4, -0.2) is 6.61 Å². The van der Waals surface area contributed by atoms with E-state index < -0.39 is 0 Å². The largest absolute Gasteiger partial charge is 0.494 e. The highest BCUT2D eigenvalue weighted by atomic mass is 16.5. The third kappa shape index (κ3) is 10.2. The van der Waals surface area contributed by atoms with Crippen molar-refractivity contribution in [3.05, 3.63) is 24.3 Å². The third-order valence-electron chi connectivity index (χ3n) is 3.72. The molecule has 1 aromatic carbocycles. The summed E-state index contributed by atoms with van der Waals surface area (Å²) < 4.78 is 5.69. The first kappa shape index (κ1) is 17.9. The maximum atomic E-state index is 5.69. The first-order valence-electron chi connectivity index (χ1n) is 8.46. The molecule has 0 aliphatic carbocycles. The van der Waals surface area contributed by atoms with Crippen molar-refractivity contribution in [3.8, 4) is 5.75 Å². The van der Waals surface area contributed by atoms with Crippen LogP contribution in [0.4, 0.5) is 5.69 Å². The molecule has 0 spiro atoms. The van der Waals surface area contributed by atoms with Gasteiger partial charge in [-0.2, -0.15) is 0 Å². The van der Waals surface area contributed by atoms with Crippen molar-refractivity contribution in [2.24, 2.45) is 5.41 Å². The number of ether oxygens (including phenoxy) is 1. The number of hydrogen-bond donors (Lipinski definition) is 1. The van der Waals surface area contributed by atoms with Gasteiger partial charge in [0.1, 0.15) is 5.75 Å². The monoisotopic (exact) mass is 291 g/mol. The van der Waals surface area contributed by atoms with E-state index in [1.54, 1.807) is 0 Å².